The van der Waals surface area contributed by atoms with Gasteiger partial charge >= 0.3 is 6.09 Å². The van der Waals surface area contributed by atoms with Gasteiger partial charge in [-0.15, -0.1) is 0 Å². The molecule has 1 heterocycles. The van der Waals surface area contributed by atoms with Gasteiger partial charge in [0.1, 0.15) is 17.3 Å². The van der Waals surface area contributed by atoms with Crippen LogP contribution in [0.15, 0.2) is 66.7 Å². The SMILES string of the molecule is C[C@@H]1CN(Cc2ccc(F)cc2)CCN1C(=O)COc1ccc(Cl)cc1NC(=O)Oc1ccc([N+](=O)[O-])cc1. The second kappa shape index (κ2) is 12.5. The van der Waals surface area contributed by atoms with E-state index >= 15 is 0 Å². The fraction of sp³-hybridized carbons (Fsp3) is 0.259. The van der Waals surface area contributed by atoms with Crippen LogP contribution in [0.2, 0.25) is 5.02 Å². The number of nitrogens with one attached hydrogen (secondary N) is 1. The molecule has 12 heteroatoms. The highest BCUT2D eigenvalue weighted by Crippen LogP contribution is 2.29. The number of halogens is 2. The molecule has 0 aromatic heterocycles. The van der Waals surface area contributed by atoms with Gasteiger partial charge in [0.05, 0.1) is 10.6 Å². The largest absolute Gasteiger partial charge is 0.482 e. The Balaban J connectivity index is 1.31. The monoisotopic (exact) mass is 556 g/mol. The maximum atomic E-state index is 13.2. The van der Waals surface area contributed by atoms with Crippen molar-refractivity contribution in [1.82, 2.24) is 9.80 Å². The van der Waals surface area contributed by atoms with Gasteiger partial charge in [-0.2, -0.15) is 0 Å². The van der Waals surface area contributed by atoms with E-state index in [1.54, 1.807) is 23.1 Å². The van der Waals surface area contributed by atoms with Crippen LogP contribution in [0.1, 0.15) is 12.5 Å². The Hall–Kier alpha value is -4.22. The third-order valence-electron chi connectivity index (χ3n) is 6.14. The first-order valence-corrected chi connectivity index (χ1v) is 12.5. The van der Waals surface area contributed by atoms with Gasteiger partial charge in [-0.05, 0) is 55.0 Å². The van der Waals surface area contributed by atoms with E-state index in [0.717, 1.165) is 5.56 Å². The maximum Gasteiger partial charge on any atom is 0.417 e. The van der Waals surface area contributed by atoms with Crippen molar-refractivity contribution < 1.29 is 28.4 Å². The Labute approximate surface area is 229 Å². The predicted molar refractivity (Wildman–Crippen MR) is 143 cm³/mol. The predicted octanol–water partition coefficient (Wildman–Crippen LogP) is 5.11. The Kier molecular flexibility index (Phi) is 8.95. The lowest BCUT2D eigenvalue weighted by molar-refractivity contribution is -0.384. The molecule has 0 spiro atoms. The highest BCUT2D eigenvalue weighted by Gasteiger charge is 2.28. The second-order valence-corrected chi connectivity index (χ2v) is 9.43. The summed E-state index contributed by atoms with van der Waals surface area (Å²) in [6.45, 7) is 4.20. The van der Waals surface area contributed by atoms with E-state index in [2.05, 4.69) is 10.2 Å². The number of nitrogens with zero attached hydrogens (tertiary/aromatic N) is 3. The molecular formula is C27H26ClFN4O6. The molecule has 0 aliphatic carbocycles. The number of hydrogen-bond acceptors (Lipinski definition) is 7. The van der Waals surface area contributed by atoms with Gasteiger partial charge in [-0.25, -0.2) is 9.18 Å². The summed E-state index contributed by atoms with van der Waals surface area (Å²) in [4.78, 5) is 39.5. The number of nitro benzene ring substituents is 1. The first-order valence-electron chi connectivity index (χ1n) is 12.1. The summed E-state index contributed by atoms with van der Waals surface area (Å²) in [6.07, 6.45) is -0.867. The molecule has 39 heavy (non-hydrogen) atoms. The molecule has 1 aliphatic rings. The molecule has 10 nitrogen and oxygen atoms in total. The smallest absolute Gasteiger partial charge is 0.417 e. The van der Waals surface area contributed by atoms with Crippen LogP contribution in [0.25, 0.3) is 0 Å². The van der Waals surface area contributed by atoms with E-state index < -0.39 is 11.0 Å². The molecule has 1 aliphatic heterocycles. The quantitative estimate of drug-likeness (QED) is 0.303. The number of non-ortho nitro benzene ring substituents is 1. The van der Waals surface area contributed by atoms with Crippen LogP contribution < -0.4 is 14.8 Å². The van der Waals surface area contributed by atoms with Crippen LogP contribution in [0, 0.1) is 15.9 Å². The summed E-state index contributed by atoms with van der Waals surface area (Å²) >= 11 is 6.08. The van der Waals surface area contributed by atoms with E-state index in [-0.39, 0.29) is 47.2 Å². The minimum atomic E-state index is -0.867. The lowest BCUT2D eigenvalue weighted by atomic mass is 10.1. The third-order valence-corrected chi connectivity index (χ3v) is 6.37. The third kappa shape index (κ3) is 7.65. The van der Waals surface area contributed by atoms with Gasteiger partial charge in [-0.1, -0.05) is 23.7 Å². The molecule has 3 aromatic carbocycles. The van der Waals surface area contributed by atoms with Gasteiger partial charge in [-0.3, -0.25) is 25.1 Å². The average Bonchev–Trinajstić information content (AvgIpc) is 2.90. The van der Waals surface area contributed by atoms with E-state index in [1.165, 1.54) is 48.5 Å². The zero-order chi connectivity index (χ0) is 27.9. The standard InChI is InChI=1S/C27H26ClFN4O6/c1-18-15-31(16-19-2-5-21(29)6-3-19)12-13-32(18)26(34)17-38-25-11-4-20(28)14-24(25)30-27(35)39-23-9-7-22(8-10-23)33(36)37/h2-11,14,18H,12-13,15-17H2,1H3,(H,30,35)/t18-/m1/s1. The molecule has 4 rings (SSSR count). The Morgan fingerprint density at radius 2 is 1.82 bits per heavy atom. The number of ether oxygens (including phenoxy) is 2. The van der Waals surface area contributed by atoms with Crippen molar-refractivity contribution in [1.29, 1.82) is 0 Å². The Morgan fingerprint density at radius 3 is 2.49 bits per heavy atom. The van der Waals surface area contributed by atoms with Crippen LogP contribution in [0.4, 0.5) is 20.6 Å². The molecule has 2 amide bonds. The van der Waals surface area contributed by atoms with Crippen LogP contribution in [-0.2, 0) is 11.3 Å². The molecular weight excluding hydrogens is 531 g/mol. The van der Waals surface area contributed by atoms with Crippen molar-refractivity contribution in [3.63, 3.8) is 0 Å². The van der Waals surface area contributed by atoms with Gasteiger partial charge in [0.25, 0.3) is 11.6 Å². The summed E-state index contributed by atoms with van der Waals surface area (Å²) in [7, 11) is 0. The second-order valence-electron chi connectivity index (χ2n) is 8.99. The summed E-state index contributed by atoms with van der Waals surface area (Å²) < 4.78 is 24.1. The highest BCUT2D eigenvalue weighted by molar-refractivity contribution is 6.31. The molecule has 1 fully saturated rings. The van der Waals surface area contributed by atoms with Crippen LogP contribution in [0.3, 0.4) is 0 Å². The lowest BCUT2D eigenvalue weighted by Gasteiger charge is -2.39. The fourth-order valence-electron chi connectivity index (χ4n) is 4.22. The van der Waals surface area contributed by atoms with Crippen LogP contribution in [-0.4, -0.2) is 59.0 Å². The maximum absolute atomic E-state index is 13.2. The zero-order valence-electron chi connectivity index (χ0n) is 21.0. The van der Waals surface area contributed by atoms with Crippen molar-refractivity contribution in [2.75, 3.05) is 31.6 Å². The number of nitro groups is 1. The fourth-order valence-corrected chi connectivity index (χ4v) is 4.39. The molecule has 0 bridgehead atoms. The number of amides is 2. The molecule has 204 valence electrons. The molecule has 1 saturated heterocycles. The Morgan fingerprint density at radius 1 is 1.10 bits per heavy atom. The van der Waals surface area contributed by atoms with Gasteiger partial charge in [0.2, 0.25) is 0 Å². The van der Waals surface area contributed by atoms with E-state index in [1.807, 2.05) is 6.92 Å². The zero-order valence-corrected chi connectivity index (χ0v) is 21.8. The first-order chi connectivity index (χ1) is 18.7. The minimum Gasteiger partial charge on any atom is -0.482 e. The summed E-state index contributed by atoms with van der Waals surface area (Å²) in [5.74, 6) is -0.164. The van der Waals surface area contributed by atoms with Crippen molar-refractivity contribution >= 4 is 35.0 Å². The summed E-state index contributed by atoms with van der Waals surface area (Å²) in [5, 5.41) is 13.6. The molecule has 1 atom stereocenters. The molecule has 1 N–H and O–H groups in total. The van der Waals surface area contributed by atoms with Gasteiger partial charge < -0.3 is 14.4 Å². The average molecular weight is 557 g/mol. The van der Waals surface area contributed by atoms with Crippen LogP contribution in [0.5, 0.6) is 11.5 Å². The number of benzene rings is 3. The highest BCUT2D eigenvalue weighted by atomic mass is 35.5. The van der Waals surface area contributed by atoms with E-state index in [9.17, 15) is 24.1 Å². The lowest BCUT2D eigenvalue weighted by Crippen LogP contribution is -2.54. The van der Waals surface area contributed by atoms with Gasteiger partial charge in [0, 0.05) is 49.4 Å². The van der Waals surface area contributed by atoms with E-state index in [0.29, 0.717) is 31.2 Å². The molecule has 0 saturated carbocycles. The number of carbonyl (C=O) groups excluding carboxylic acids is 2. The summed E-state index contributed by atoms with van der Waals surface area (Å²) in [6, 6.07) is 15.9. The number of carbonyl (C=O) groups is 2. The number of hydrogen-bond donors (Lipinski definition) is 1. The van der Waals surface area contributed by atoms with Crippen molar-refractivity contribution in [2.24, 2.45) is 0 Å². The number of piperazine rings is 1. The Bertz CT molecular complexity index is 1340. The number of rotatable bonds is 8. The first kappa shape index (κ1) is 27.8. The van der Waals surface area contributed by atoms with E-state index in [4.69, 9.17) is 21.1 Å². The van der Waals surface area contributed by atoms with Crippen molar-refractivity contribution in [2.45, 2.75) is 19.5 Å². The normalized spacial score (nSPS) is 15.5. The molecule has 0 unspecified atom stereocenters. The molecule has 0 radical (unpaired) electrons. The summed E-state index contributed by atoms with van der Waals surface area (Å²) in [5.41, 5.74) is 1.06. The topological polar surface area (TPSA) is 114 Å². The van der Waals surface area contributed by atoms with Crippen molar-refractivity contribution in [3.8, 4) is 11.5 Å². The molecule has 3 aromatic rings. The van der Waals surface area contributed by atoms with Gasteiger partial charge in [0.15, 0.2) is 6.61 Å². The number of anilines is 1. The van der Waals surface area contributed by atoms with Crippen molar-refractivity contribution in [3.05, 3.63) is 93.2 Å². The minimum absolute atomic E-state index is 0.0604. The van der Waals surface area contributed by atoms with Crippen LogP contribution >= 0.6 is 11.6 Å².